The maximum atomic E-state index is 12.2. The van der Waals surface area contributed by atoms with Gasteiger partial charge in [-0.1, -0.05) is 0 Å². The largest absolute Gasteiger partial charge is 0.534 e. The number of carboxylic acids is 1. The third kappa shape index (κ3) is 3.60. The minimum absolute atomic E-state index is 0.399. The second kappa shape index (κ2) is 4.67. The zero-order chi connectivity index (χ0) is 15.1. The molecule has 0 amide bonds. The van der Waals surface area contributed by atoms with Gasteiger partial charge in [-0.15, -0.1) is 0 Å². The highest BCUT2D eigenvalue weighted by Gasteiger charge is 2.50. The molecule has 0 saturated carbocycles. The highest BCUT2D eigenvalue weighted by Crippen LogP contribution is 2.34. The summed E-state index contributed by atoms with van der Waals surface area (Å²) in [6, 6.07) is 0. The van der Waals surface area contributed by atoms with E-state index in [9.17, 15) is 26.4 Å². The second-order valence-corrected chi connectivity index (χ2v) is 5.95. The smallest absolute Gasteiger partial charge is 0.478 e. The van der Waals surface area contributed by atoms with Crippen molar-refractivity contribution in [1.82, 2.24) is 0 Å². The van der Waals surface area contributed by atoms with Crippen molar-refractivity contribution in [3.63, 3.8) is 0 Å². The fourth-order valence-electron chi connectivity index (χ4n) is 1.33. The van der Waals surface area contributed by atoms with Crippen molar-refractivity contribution in [1.29, 1.82) is 0 Å². The first-order valence-electron chi connectivity index (χ1n) is 4.96. The Labute approximate surface area is 106 Å². The first-order valence-corrected chi connectivity index (χ1v) is 6.36. The van der Waals surface area contributed by atoms with Gasteiger partial charge in [0.15, 0.2) is 0 Å². The van der Waals surface area contributed by atoms with E-state index in [-0.39, 0.29) is 0 Å². The van der Waals surface area contributed by atoms with Crippen molar-refractivity contribution < 1.29 is 40.4 Å². The molecule has 0 unspecified atom stereocenters. The van der Waals surface area contributed by atoms with Crippen LogP contribution in [0.25, 0.3) is 0 Å². The van der Waals surface area contributed by atoms with E-state index in [4.69, 9.17) is 9.84 Å². The van der Waals surface area contributed by atoms with E-state index in [1.54, 1.807) is 0 Å². The third-order valence-corrected chi connectivity index (χ3v) is 3.27. The first-order chi connectivity index (χ1) is 8.36. The van der Waals surface area contributed by atoms with Gasteiger partial charge in [-0.2, -0.15) is 21.6 Å². The van der Waals surface area contributed by atoms with Gasteiger partial charge in [-0.25, -0.2) is 4.79 Å². The van der Waals surface area contributed by atoms with E-state index in [1.807, 2.05) is 0 Å². The maximum Gasteiger partial charge on any atom is 0.534 e. The van der Waals surface area contributed by atoms with Crippen molar-refractivity contribution in [2.75, 3.05) is 6.61 Å². The van der Waals surface area contributed by atoms with E-state index in [1.165, 1.54) is 13.8 Å². The van der Waals surface area contributed by atoms with Crippen LogP contribution in [0.15, 0.2) is 11.3 Å². The lowest BCUT2D eigenvalue weighted by Gasteiger charge is -2.31. The highest BCUT2D eigenvalue weighted by atomic mass is 32.2. The summed E-state index contributed by atoms with van der Waals surface area (Å²) < 4.78 is 67.3. The molecule has 1 rings (SSSR count). The number of hydrogen-bond acceptors (Lipinski definition) is 5. The van der Waals surface area contributed by atoms with Crippen LogP contribution in [0.1, 0.15) is 20.3 Å². The lowest BCUT2D eigenvalue weighted by molar-refractivity contribution is -0.135. The van der Waals surface area contributed by atoms with Crippen molar-refractivity contribution in [2.24, 2.45) is 0 Å². The summed E-state index contributed by atoms with van der Waals surface area (Å²) in [5, 5.41) is 8.78. The quantitative estimate of drug-likeness (QED) is 0.626. The average Bonchev–Trinajstić information content (AvgIpc) is 2.12. The van der Waals surface area contributed by atoms with Crippen LogP contribution < -0.4 is 0 Å². The maximum absolute atomic E-state index is 12.2. The van der Waals surface area contributed by atoms with Crippen molar-refractivity contribution in [3.05, 3.63) is 11.3 Å². The molecule has 0 fully saturated rings. The molecule has 19 heavy (non-hydrogen) atoms. The summed E-state index contributed by atoms with van der Waals surface area (Å²) in [4.78, 5) is 10.8. The van der Waals surface area contributed by atoms with Crippen molar-refractivity contribution in [3.8, 4) is 0 Å². The van der Waals surface area contributed by atoms with Crippen molar-refractivity contribution >= 4 is 16.1 Å². The Hall–Kier alpha value is -1.29. The fourth-order valence-corrected chi connectivity index (χ4v) is 1.85. The molecule has 0 bridgehead atoms. The van der Waals surface area contributed by atoms with Crippen LogP contribution in [0.3, 0.4) is 0 Å². The van der Waals surface area contributed by atoms with E-state index in [0.29, 0.717) is 0 Å². The summed E-state index contributed by atoms with van der Waals surface area (Å²) in [5.41, 5.74) is -7.28. The van der Waals surface area contributed by atoms with Gasteiger partial charge >= 0.3 is 21.6 Å². The van der Waals surface area contributed by atoms with Crippen LogP contribution in [0.4, 0.5) is 13.2 Å². The summed E-state index contributed by atoms with van der Waals surface area (Å²) >= 11 is 0. The van der Waals surface area contributed by atoms with Crippen molar-refractivity contribution in [2.45, 2.75) is 31.4 Å². The molecule has 10 heteroatoms. The Balaban J connectivity index is 3.17. The van der Waals surface area contributed by atoms with Crippen LogP contribution in [-0.2, 0) is 23.8 Å². The van der Waals surface area contributed by atoms with E-state index in [0.717, 1.165) is 0 Å². The normalized spacial score (nSPS) is 20.3. The SMILES string of the molecule is CC1(C)CC(OS(=O)(=O)C(F)(F)F)=C(C(=O)O)CO1. The summed E-state index contributed by atoms with van der Waals surface area (Å²) in [6.45, 7) is 2.40. The molecule has 0 saturated heterocycles. The number of ether oxygens (including phenoxy) is 1. The number of rotatable bonds is 3. The standard InChI is InChI=1S/C9H11F3O6S/c1-8(2)3-6(5(4-17-8)7(13)14)18-19(15,16)9(10,11)12/h3-4H2,1-2H3,(H,13,14). The lowest BCUT2D eigenvalue weighted by atomic mass is 9.98. The van der Waals surface area contributed by atoms with Crippen LogP contribution in [0.5, 0.6) is 0 Å². The molecule has 1 N–H and O–H groups in total. The van der Waals surface area contributed by atoms with Gasteiger partial charge < -0.3 is 14.0 Å². The van der Waals surface area contributed by atoms with Crippen LogP contribution in [-0.4, -0.2) is 37.2 Å². The molecule has 0 aromatic rings. The average molecular weight is 304 g/mol. The number of carbonyl (C=O) groups is 1. The number of halogens is 3. The Morgan fingerprint density at radius 3 is 2.37 bits per heavy atom. The van der Waals surface area contributed by atoms with Gasteiger partial charge in [0, 0.05) is 6.42 Å². The Morgan fingerprint density at radius 2 is 1.95 bits per heavy atom. The number of alkyl halides is 3. The number of aliphatic carboxylic acids is 1. The second-order valence-electron chi connectivity index (χ2n) is 4.42. The van der Waals surface area contributed by atoms with E-state index >= 15 is 0 Å². The molecule has 1 aliphatic rings. The number of hydrogen-bond donors (Lipinski definition) is 1. The van der Waals surface area contributed by atoms with Crippen LogP contribution in [0, 0.1) is 0 Å². The van der Waals surface area contributed by atoms with Gasteiger partial charge in [0.05, 0.1) is 12.2 Å². The van der Waals surface area contributed by atoms with Gasteiger partial charge in [0.25, 0.3) is 0 Å². The van der Waals surface area contributed by atoms with E-state index in [2.05, 4.69) is 4.18 Å². The zero-order valence-electron chi connectivity index (χ0n) is 9.94. The van der Waals surface area contributed by atoms with E-state index < -0.39 is 51.6 Å². The molecule has 0 aromatic carbocycles. The molecule has 110 valence electrons. The molecular weight excluding hydrogens is 293 g/mol. The Kier molecular flexibility index (Phi) is 3.88. The summed E-state index contributed by atoms with van der Waals surface area (Å²) in [7, 11) is -5.89. The minimum atomic E-state index is -5.89. The fraction of sp³-hybridized carbons (Fsp3) is 0.667. The molecule has 0 atom stereocenters. The molecule has 1 aliphatic heterocycles. The number of carboxylic acid groups (broad SMARTS) is 1. The first kappa shape index (κ1) is 15.8. The highest BCUT2D eigenvalue weighted by molar-refractivity contribution is 7.87. The molecule has 0 aliphatic carbocycles. The van der Waals surface area contributed by atoms with Gasteiger partial charge in [-0.3, -0.25) is 0 Å². The molecule has 0 spiro atoms. The van der Waals surface area contributed by atoms with Gasteiger partial charge in [0.1, 0.15) is 11.3 Å². The molecule has 0 aromatic heterocycles. The predicted molar refractivity (Wildman–Crippen MR) is 55.4 cm³/mol. The molecule has 6 nitrogen and oxygen atoms in total. The summed E-state index contributed by atoms with van der Waals surface area (Å²) in [6.07, 6.45) is -0.399. The molecular formula is C9H11F3O6S. The predicted octanol–water partition coefficient (Wildman–Crippen LogP) is 1.39. The Morgan fingerprint density at radius 1 is 1.42 bits per heavy atom. The third-order valence-electron chi connectivity index (χ3n) is 2.28. The minimum Gasteiger partial charge on any atom is -0.478 e. The molecule has 1 heterocycles. The topological polar surface area (TPSA) is 89.9 Å². The van der Waals surface area contributed by atoms with Crippen LogP contribution >= 0.6 is 0 Å². The van der Waals surface area contributed by atoms with Crippen LogP contribution in [0.2, 0.25) is 0 Å². The monoisotopic (exact) mass is 304 g/mol. The van der Waals surface area contributed by atoms with Gasteiger partial charge in [0.2, 0.25) is 0 Å². The Bertz CT molecular complexity index is 517. The lowest BCUT2D eigenvalue weighted by Crippen LogP contribution is -2.36. The van der Waals surface area contributed by atoms with Gasteiger partial charge in [-0.05, 0) is 13.8 Å². The molecule has 0 radical (unpaired) electrons. The zero-order valence-corrected chi connectivity index (χ0v) is 10.8. The summed E-state index contributed by atoms with van der Waals surface area (Å²) in [5.74, 6) is -2.36.